The summed E-state index contributed by atoms with van der Waals surface area (Å²) in [5, 5.41) is 9.10. The van der Waals surface area contributed by atoms with Gasteiger partial charge in [-0.15, -0.1) is 0 Å². The zero-order valence-electron chi connectivity index (χ0n) is 34.2. The summed E-state index contributed by atoms with van der Waals surface area (Å²) in [4.78, 5) is 13.6. The van der Waals surface area contributed by atoms with Crippen LogP contribution in [0.4, 0.5) is 0 Å². The number of carboxylic acids is 1. The minimum absolute atomic E-state index is 0.314. The zero-order valence-corrected chi connectivity index (χ0v) is 34.2. The number of carbonyl (C=O) groups is 1. The monoisotopic (exact) mass is 692 g/mol. The highest BCUT2D eigenvalue weighted by molar-refractivity contribution is 5.66. The van der Waals surface area contributed by atoms with Gasteiger partial charge in [-0.3, -0.25) is 4.79 Å². The summed E-state index contributed by atoms with van der Waals surface area (Å²) in [5.41, 5.74) is 0. The average Bonchev–Trinajstić information content (AvgIpc) is 3.09. The molecule has 0 amide bonds. The number of rotatable bonds is 44. The van der Waals surface area contributed by atoms with Gasteiger partial charge in [0, 0.05) is 6.42 Å². The van der Waals surface area contributed by atoms with Crippen LogP contribution in [-0.2, 0) is 4.79 Å². The second kappa shape index (κ2) is 43.6. The molecule has 0 unspecified atom stereocenters. The van der Waals surface area contributed by atoms with E-state index in [4.69, 9.17) is 5.11 Å². The Morgan fingerprint density at radius 3 is 0.694 bits per heavy atom. The Hall–Kier alpha value is -0.570. The second-order valence-electron chi connectivity index (χ2n) is 16.1. The van der Waals surface area contributed by atoms with Gasteiger partial charge >= 0.3 is 5.97 Å². The van der Waals surface area contributed by atoms with E-state index in [-0.39, 0.29) is 0 Å². The Kier molecular flexibility index (Phi) is 43.1. The summed E-state index contributed by atoms with van der Waals surface area (Å²) in [5.74, 6) is -0.646. The molecular weight excluding hydrogens is 599 g/mol. The minimum atomic E-state index is -0.646. The molecule has 0 aliphatic heterocycles. The van der Waals surface area contributed by atoms with Crippen LogP contribution < -0.4 is 0 Å². The van der Waals surface area contributed by atoms with Crippen LogP contribution in [0.15, 0.2) is 0 Å². The van der Waals surface area contributed by atoms with Crippen LogP contribution in [0.5, 0.6) is 0 Å². The third-order valence-corrected chi connectivity index (χ3v) is 11.0. The van der Waals surface area contributed by atoms with Crippen LogP contribution in [0.25, 0.3) is 0 Å². The van der Waals surface area contributed by atoms with E-state index in [9.17, 15) is 4.79 Å². The highest BCUT2D eigenvalue weighted by atomic mass is 16.4. The molecule has 0 bridgehead atoms. The fourth-order valence-corrected chi connectivity index (χ4v) is 7.62. The van der Waals surface area contributed by atoms with Crippen LogP contribution in [0.1, 0.15) is 271 Å². The van der Waals surface area contributed by atoms with E-state index in [0.29, 0.717) is 6.42 Å². The van der Waals surface area contributed by atoms with E-state index in [1.54, 1.807) is 0 Å². The zero-order chi connectivity index (χ0) is 35.6. The lowest BCUT2D eigenvalue weighted by atomic mass is 10.0. The predicted octanol–water partition coefficient (Wildman–Crippen LogP) is 16.0. The fourth-order valence-electron chi connectivity index (χ4n) is 7.62. The molecule has 0 heterocycles. The standard InChI is InChI=1S/C46H93NO2/c1-3-5-7-9-11-13-15-17-19-21-23-25-27-29-31-33-35-37-39-43-47(45-41-42-46(48)49)44-40-38-36-34-32-30-28-26-24-22-20-18-16-14-12-10-8-6-4-2/h3-45H2,1-2H3,(H,48,49). The summed E-state index contributed by atoms with van der Waals surface area (Å²) in [7, 11) is 0. The van der Waals surface area contributed by atoms with Gasteiger partial charge in [-0.25, -0.2) is 0 Å². The lowest BCUT2D eigenvalue weighted by molar-refractivity contribution is -0.137. The summed E-state index contributed by atoms with van der Waals surface area (Å²) in [6.45, 7) is 7.89. The molecule has 0 spiro atoms. The van der Waals surface area contributed by atoms with Gasteiger partial charge in [0.1, 0.15) is 0 Å². The van der Waals surface area contributed by atoms with Crippen molar-refractivity contribution < 1.29 is 9.90 Å². The van der Waals surface area contributed by atoms with Crippen molar-refractivity contribution in [1.29, 1.82) is 0 Å². The summed E-state index contributed by atoms with van der Waals surface area (Å²) >= 11 is 0. The van der Waals surface area contributed by atoms with Crippen LogP contribution in [-0.4, -0.2) is 35.6 Å². The molecule has 0 saturated heterocycles. The van der Waals surface area contributed by atoms with Crippen molar-refractivity contribution in [3.63, 3.8) is 0 Å². The molecule has 0 aromatic heterocycles. The van der Waals surface area contributed by atoms with Gasteiger partial charge in [0.2, 0.25) is 0 Å². The molecule has 294 valence electrons. The van der Waals surface area contributed by atoms with Crippen molar-refractivity contribution in [2.24, 2.45) is 0 Å². The van der Waals surface area contributed by atoms with Gasteiger partial charge in [-0.05, 0) is 38.9 Å². The summed E-state index contributed by atoms with van der Waals surface area (Å²) in [6.07, 6.45) is 55.2. The molecule has 3 heteroatoms. The minimum Gasteiger partial charge on any atom is -0.481 e. The number of hydrogen-bond donors (Lipinski definition) is 1. The van der Waals surface area contributed by atoms with Crippen LogP contribution in [0.3, 0.4) is 0 Å². The summed E-state index contributed by atoms with van der Waals surface area (Å²) < 4.78 is 0. The quantitative estimate of drug-likeness (QED) is 0.0647. The van der Waals surface area contributed by atoms with E-state index >= 15 is 0 Å². The van der Waals surface area contributed by atoms with Crippen molar-refractivity contribution in [1.82, 2.24) is 4.90 Å². The molecule has 0 aliphatic rings. The molecule has 1 N–H and O–H groups in total. The number of carboxylic acid groups (broad SMARTS) is 1. The van der Waals surface area contributed by atoms with Crippen molar-refractivity contribution in [3.8, 4) is 0 Å². The van der Waals surface area contributed by atoms with Crippen molar-refractivity contribution in [3.05, 3.63) is 0 Å². The number of unbranched alkanes of at least 4 members (excludes halogenated alkanes) is 36. The Bertz CT molecular complexity index is 566. The molecule has 0 rings (SSSR count). The van der Waals surface area contributed by atoms with E-state index in [1.807, 2.05) is 0 Å². The Morgan fingerprint density at radius 2 is 0.490 bits per heavy atom. The lowest BCUT2D eigenvalue weighted by Crippen LogP contribution is -2.27. The topological polar surface area (TPSA) is 40.5 Å². The molecule has 0 aromatic carbocycles. The first-order valence-electron chi connectivity index (χ1n) is 23.1. The fraction of sp³-hybridized carbons (Fsp3) is 0.978. The van der Waals surface area contributed by atoms with Gasteiger partial charge in [-0.2, -0.15) is 0 Å². The average molecular weight is 692 g/mol. The maximum atomic E-state index is 11.0. The number of aliphatic carboxylic acids is 1. The van der Waals surface area contributed by atoms with Gasteiger partial charge in [0.15, 0.2) is 0 Å². The maximum absolute atomic E-state index is 11.0. The molecule has 0 aromatic rings. The van der Waals surface area contributed by atoms with E-state index in [2.05, 4.69) is 18.7 Å². The second-order valence-corrected chi connectivity index (χ2v) is 16.1. The smallest absolute Gasteiger partial charge is 0.303 e. The SMILES string of the molecule is CCCCCCCCCCCCCCCCCCCCCN(CCCCCCCCCCCCCCCCCCCCC)CCCC(=O)O. The lowest BCUT2D eigenvalue weighted by Gasteiger charge is -2.22. The first-order valence-corrected chi connectivity index (χ1v) is 23.1. The molecule has 0 fully saturated rings. The van der Waals surface area contributed by atoms with E-state index < -0.39 is 5.97 Å². The van der Waals surface area contributed by atoms with Crippen LogP contribution >= 0.6 is 0 Å². The molecule has 0 aliphatic carbocycles. The van der Waals surface area contributed by atoms with Crippen LogP contribution in [0.2, 0.25) is 0 Å². The third kappa shape index (κ3) is 43.5. The normalized spacial score (nSPS) is 11.7. The first-order chi connectivity index (χ1) is 24.2. The van der Waals surface area contributed by atoms with Crippen molar-refractivity contribution >= 4 is 5.97 Å². The van der Waals surface area contributed by atoms with Gasteiger partial charge in [-0.1, -0.05) is 245 Å². The van der Waals surface area contributed by atoms with E-state index in [1.165, 1.54) is 244 Å². The Labute approximate surface area is 310 Å². The summed E-state index contributed by atoms with van der Waals surface area (Å²) in [6, 6.07) is 0. The number of hydrogen-bond acceptors (Lipinski definition) is 2. The largest absolute Gasteiger partial charge is 0.481 e. The van der Waals surface area contributed by atoms with Gasteiger partial charge in [0.25, 0.3) is 0 Å². The van der Waals surface area contributed by atoms with E-state index in [0.717, 1.165) is 26.1 Å². The molecule has 49 heavy (non-hydrogen) atoms. The number of nitrogens with zero attached hydrogens (tertiary/aromatic N) is 1. The first kappa shape index (κ1) is 48.4. The molecule has 0 atom stereocenters. The van der Waals surface area contributed by atoms with Crippen molar-refractivity contribution in [2.45, 2.75) is 271 Å². The van der Waals surface area contributed by atoms with Crippen LogP contribution in [0, 0.1) is 0 Å². The highest BCUT2D eigenvalue weighted by Crippen LogP contribution is 2.17. The molecule has 0 saturated carbocycles. The molecular formula is C46H93NO2. The Balaban J connectivity index is 3.57. The van der Waals surface area contributed by atoms with Gasteiger partial charge in [0.05, 0.1) is 0 Å². The molecule has 0 radical (unpaired) electrons. The van der Waals surface area contributed by atoms with Gasteiger partial charge < -0.3 is 10.0 Å². The third-order valence-electron chi connectivity index (χ3n) is 11.0. The maximum Gasteiger partial charge on any atom is 0.303 e. The Morgan fingerprint density at radius 1 is 0.306 bits per heavy atom. The van der Waals surface area contributed by atoms with Crippen molar-refractivity contribution in [2.75, 3.05) is 19.6 Å². The molecule has 3 nitrogen and oxygen atoms in total. The predicted molar refractivity (Wildman–Crippen MR) is 220 cm³/mol. The highest BCUT2D eigenvalue weighted by Gasteiger charge is 2.07.